The van der Waals surface area contributed by atoms with Crippen LogP contribution in [0.15, 0.2) is 11.6 Å². The van der Waals surface area contributed by atoms with E-state index >= 15 is 4.79 Å². The number of nitrogens with one attached hydrogen (secondary N) is 1. The van der Waals surface area contributed by atoms with Crippen molar-refractivity contribution in [3.05, 3.63) is 11.6 Å². The van der Waals surface area contributed by atoms with Crippen LogP contribution in [0.5, 0.6) is 0 Å². The molecule has 1 amide bonds. The van der Waals surface area contributed by atoms with Crippen molar-refractivity contribution in [2.45, 2.75) is 283 Å². The fourth-order valence-corrected chi connectivity index (χ4v) is 15.6. The van der Waals surface area contributed by atoms with E-state index in [1.807, 2.05) is 0 Å². The molecule has 2 heterocycles. The van der Waals surface area contributed by atoms with Crippen molar-refractivity contribution in [3.8, 4) is 0 Å². The van der Waals surface area contributed by atoms with Crippen LogP contribution >= 0.6 is 0 Å². The predicted molar refractivity (Wildman–Crippen MR) is 304 cm³/mol. The molecule has 13 unspecified atom stereocenters. The molecule has 0 spiro atoms. The molecule has 6 aliphatic rings. The Balaban J connectivity index is 1.30. The van der Waals surface area contributed by atoms with Crippen LogP contribution in [0, 0.1) is 50.7 Å². The molecule has 0 aromatic heterocycles. The van der Waals surface area contributed by atoms with Crippen molar-refractivity contribution in [3.63, 3.8) is 0 Å². The number of hydrogen-bond donors (Lipinski definition) is 11. The van der Waals surface area contributed by atoms with E-state index in [9.17, 15) is 55.5 Å². The van der Waals surface area contributed by atoms with Gasteiger partial charge in [-0.05, 0) is 119 Å². The first-order chi connectivity index (χ1) is 38.6. The number of aliphatic hydroxyl groups is 9. The second-order valence-corrected chi connectivity index (χ2v) is 27.4. The number of aldehydes is 1. The average molecular weight is 1170 g/mol. The van der Waals surface area contributed by atoms with Gasteiger partial charge in [0.15, 0.2) is 18.7 Å². The van der Waals surface area contributed by atoms with E-state index in [4.69, 9.17) is 34.2 Å². The number of esters is 1. The van der Waals surface area contributed by atoms with E-state index in [1.165, 1.54) is 25.7 Å². The fraction of sp³-hybridized carbons (Fsp3) is 0.919. The van der Waals surface area contributed by atoms with Gasteiger partial charge in [0.25, 0.3) is 0 Å². The lowest BCUT2D eigenvalue weighted by molar-refractivity contribution is -0.351. The summed E-state index contributed by atoms with van der Waals surface area (Å²) in [6, 6.07) is -1.28. The van der Waals surface area contributed by atoms with Gasteiger partial charge in [0.05, 0.1) is 68.2 Å². The second kappa shape index (κ2) is 29.2. The van der Waals surface area contributed by atoms with Gasteiger partial charge in [-0.25, -0.2) is 0 Å². The third-order valence-corrected chi connectivity index (χ3v) is 21.1. The number of carbonyl (C=O) groups excluding carboxylic acids is 3. The molecule has 3 saturated carbocycles. The number of amides is 1. The highest BCUT2D eigenvalue weighted by Crippen LogP contribution is 2.66. The molecule has 5 fully saturated rings. The Morgan fingerprint density at radius 1 is 0.841 bits per heavy atom. The normalized spacial score (nSPS) is 41.9. The molecule has 2 saturated heterocycles. The van der Waals surface area contributed by atoms with E-state index in [-0.39, 0.29) is 55.0 Å². The van der Waals surface area contributed by atoms with Gasteiger partial charge in [0.1, 0.15) is 41.8 Å². The highest BCUT2D eigenvalue weighted by atomic mass is 16.8. The molecule has 2 aliphatic heterocycles. The predicted octanol–water partition coefficient (Wildman–Crippen LogP) is 4.95. The Hall–Kier alpha value is -2.25. The standard InChI is InChI=1S/C62H108N2O18/c1-10-12-13-14-15-16-17-18-19-22-47(70)64-48-44(33-66)80-55(52(50(48)72)81-54-40(32-65)49(71)51(38(4)79-54)78-34-37(3)77-35-43(68)53(73)74)82-56(75)61-28-26-57(5,6)30-42(61)41-24-23-39(11-2)59(8)27-29-62(63,76)60(9,36-67)45(59)21-20-25-58(41,7)31-46(61)69/h24,36-40,42-46,48-55,65-66,68-69,71-74,76H,10-23,25-35,63H2,1-9H3,(H,64,70)/b41-24-/t37-,38?,39?,40?,42?,43-,44?,45?,46?,48+,49?,50?,51+,52?,54+,55+,58?,59?,60?,61-,62+/m1/s1. The van der Waals surface area contributed by atoms with Gasteiger partial charge in [-0.3, -0.25) is 9.59 Å². The SMILES string of the molecule is CCCCCCCCCCCC(=O)N[C@H]1C(CO)O[C@@H](OC(=O)[C@]23CCC(C)(C)CC2/C2=C/CC(CC)C4(C)CC[C@](N)(O)C(C)(C=O)C4CCCC2(C)CC3O)C(O[C@@H]2OC(C)[C@H](OC[C@@H](C)OC[C@@H](O)C(O)O)C(O)C2CO)C1O. The lowest BCUT2D eigenvalue weighted by Gasteiger charge is -2.61. The van der Waals surface area contributed by atoms with Gasteiger partial charge in [-0.1, -0.05) is 117 Å². The van der Waals surface area contributed by atoms with Crippen molar-refractivity contribution in [1.29, 1.82) is 0 Å². The lowest BCUT2D eigenvalue weighted by atomic mass is 9.45. The highest BCUT2D eigenvalue weighted by molar-refractivity contribution is 5.80. The maximum Gasteiger partial charge on any atom is 0.317 e. The van der Waals surface area contributed by atoms with E-state index in [0.29, 0.717) is 51.4 Å². The number of hydrogen-bond acceptors (Lipinski definition) is 19. The summed E-state index contributed by atoms with van der Waals surface area (Å²) in [5.41, 5.74) is 2.08. The van der Waals surface area contributed by atoms with Crippen LogP contribution < -0.4 is 11.1 Å². The number of ether oxygens (including phenoxy) is 6. The summed E-state index contributed by atoms with van der Waals surface area (Å²) in [5, 5.41) is 102. The van der Waals surface area contributed by atoms with Gasteiger partial charge in [-0.15, -0.1) is 0 Å². The highest BCUT2D eigenvalue weighted by Gasteiger charge is 2.66. The van der Waals surface area contributed by atoms with Crippen LogP contribution in [0.3, 0.4) is 0 Å². The summed E-state index contributed by atoms with van der Waals surface area (Å²) >= 11 is 0. The monoisotopic (exact) mass is 1170 g/mol. The van der Waals surface area contributed by atoms with Crippen LogP contribution in [0.1, 0.15) is 197 Å². The number of nitrogens with two attached hydrogens (primary N) is 1. The van der Waals surface area contributed by atoms with Gasteiger partial charge in [0.2, 0.25) is 12.2 Å². The summed E-state index contributed by atoms with van der Waals surface area (Å²) in [6.45, 7) is 16.1. The first-order valence-corrected chi connectivity index (χ1v) is 31.3. The molecule has 4 aliphatic carbocycles. The van der Waals surface area contributed by atoms with E-state index in [0.717, 1.165) is 44.0 Å². The first kappa shape index (κ1) is 68.9. The Labute approximate surface area is 487 Å². The van der Waals surface area contributed by atoms with E-state index < -0.39 is 145 Å². The van der Waals surface area contributed by atoms with Crippen molar-refractivity contribution in [1.82, 2.24) is 5.32 Å². The Kier molecular flexibility index (Phi) is 24.5. The molecule has 474 valence electrons. The smallest absolute Gasteiger partial charge is 0.317 e. The van der Waals surface area contributed by atoms with Gasteiger partial charge in [0, 0.05) is 6.42 Å². The quantitative estimate of drug-likeness (QED) is 0.0179. The van der Waals surface area contributed by atoms with Crippen LogP contribution in [0.25, 0.3) is 0 Å². The maximum absolute atomic E-state index is 15.8. The summed E-state index contributed by atoms with van der Waals surface area (Å²) in [5.74, 6) is -3.05. The zero-order chi connectivity index (χ0) is 60.6. The Morgan fingerprint density at radius 3 is 2.13 bits per heavy atom. The average Bonchev–Trinajstić information content (AvgIpc) is 3.62. The maximum atomic E-state index is 15.8. The van der Waals surface area contributed by atoms with Gasteiger partial charge in [-0.2, -0.15) is 0 Å². The number of rotatable bonds is 26. The first-order valence-electron chi connectivity index (χ1n) is 31.3. The molecular weight excluding hydrogens is 1060 g/mol. The largest absolute Gasteiger partial charge is 0.432 e. The number of fused-ring (bicyclic) bond motifs is 4. The van der Waals surface area contributed by atoms with Gasteiger partial charge < -0.3 is 90.2 Å². The van der Waals surface area contributed by atoms with Crippen LogP contribution in [0.4, 0.5) is 0 Å². The molecular formula is C62H108N2O18. The van der Waals surface area contributed by atoms with Crippen molar-refractivity contribution in [2.24, 2.45) is 56.5 Å². The zero-order valence-corrected chi connectivity index (χ0v) is 50.9. The third kappa shape index (κ3) is 15.0. The van der Waals surface area contributed by atoms with Crippen LogP contribution in [-0.4, -0.2) is 176 Å². The Morgan fingerprint density at radius 2 is 1.51 bits per heavy atom. The summed E-state index contributed by atoms with van der Waals surface area (Å²) in [6.07, 6.45) is 1.60. The molecule has 0 bridgehead atoms. The molecule has 12 N–H and O–H groups in total. The molecule has 20 heteroatoms. The minimum atomic E-state index is -2.01. The molecule has 20 nitrogen and oxygen atoms in total. The minimum Gasteiger partial charge on any atom is -0.432 e. The Bertz CT molecular complexity index is 2080. The molecule has 0 aromatic carbocycles. The zero-order valence-electron chi connectivity index (χ0n) is 50.9. The van der Waals surface area contributed by atoms with Crippen LogP contribution in [-0.2, 0) is 42.8 Å². The van der Waals surface area contributed by atoms with Crippen molar-refractivity contribution in [2.75, 3.05) is 26.4 Å². The van der Waals surface area contributed by atoms with Crippen molar-refractivity contribution < 1.29 is 88.8 Å². The molecule has 0 aromatic rings. The fourth-order valence-electron chi connectivity index (χ4n) is 15.6. The summed E-state index contributed by atoms with van der Waals surface area (Å²) in [7, 11) is 0. The second-order valence-electron chi connectivity index (χ2n) is 27.4. The molecule has 6 rings (SSSR count). The van der Waals surface area contributed by atoms with Crippen LogP contribution in [0.2, 0.25) is 0 Å². The topological polar surface area (TPSA) is 327 Å². The number of aliphatic hydroxyl groups excluding tert-OH is 7. The van der Waals surface area contributed by atoms with Gasteiger partial charge >= 0.3 is 5.97 Å². The van der Waals surface area contributed by atoms with E-state index in [2.05, 4.69) is 52.9 Å². The number of unbranched alkanes of at least 4 members (excludes halogenated alkanes) is 8. The number of allylic oxidation sites excluding steroid dienone is 2. The third-order valence-electron chi connectivity index (χ3n) is 21.1. The number of carbonyl (C=O) groups is 3. The summed E-state index contributed by atoms with van der Waals surface area (Å²) in [4.78, 5) is 42.6. The molecule has 0 radical (unpaired) electrons. The summed E-state index contributed by atoms with van der Waals surface area (Å²) < 4.78 is 37.4. The van der Waals surface area contributed by atoms with E-state index in [1.54, 1.807) is 20.8 Å². The van der Waals surface area contributed by atoms with Crippen molar-refractivity contribution >= 4 is 18.2 Å². The lowest BCUT2D eigenvalue weighted by Crippen LogP contribution is -2.68. The minimum absolute atomic E-state index is 0.0788. The molecule has 82 heavy (non-hydrogen) atoms. The molecule has 21 atom stereocenters.